The lowest BCUT2D eigenvalue weighted by molar-refractivity contribution is -0.0207. The van der Waals surface area contributed by atoms with Crippen LogP contribution in [0, 0.1) is 35.5 Å². The van der Waals surface area contributed by atoms with Gasteiger partial charge in [0.15, 0.2) is 0 Å². The number of esters is 1. The summed E-state index contributed by atoms with van der Waals surface area (Å²) in [6.45, 7) is 13.3. The molecule has 6 nitrogen and oxygen atoms in total. The Morgan fingerprint density at radius 1 is 0.825 bits per heavy atom. The molecule has 0 aliphatic heterocycles. The van der Waals surface area contributed by atoms with E-state index in [-0.39, 0.29) is 24.0 Å². The first-order valence-electron chi connectivity index (χ1n) is 15.2. The highest BCUT2D eigenvalue weighted by atomic mass is 31.2. The van der Waals surface area contributed by atoms with Crippen molar-refractivity contribution in [3.05, 3.63) is 66.0 Å². The summed E-state index contributed by atoms with van der Waals surface area (Å²) >= 11 is 0. The van der Waals surface area contributed by atoms with E-state index in [0.29, 0.717) is 34.8 Å². The minimum atomic E-state index is -4.05. The van der Waals surface area contributed by atoms with Gasteiger partial charge in [-0.3, -0.25) is 9.55 Å². The first kappa shape index (κ1) is 30.9. The molecule has 220 valence electrons. The maximum Gasteiger partial charge on any atom is 0.376 e. The van der Waals surface area contributed by atoms with Crippen molar-refractivity contribution in [1.29, 1.82) is 0 Å². The van der Waals surface area contributed by atoms with E-state index in [1.807, 2.05) is 6.07 Å². The van der Waals surface area contributed by atoms with Gasteiger partial charge in [0, 0.05) is 18.0 Å². The Morgan fingerprint density at radius 3 is 1.85 bits per heavy atom. The summed E-state index contributed by atoms with van der Waals surface area (Å²) in [5.74, 6) is 0.365. The predicted molar refractivity (Wildman–Crippen MR) is 159 cm³/mol. The number of pyridine rings is 1. The predicted octanol–water partition coefficient (Wildman–Crippen LogP) is 9.09. The van der Waals surface area contributed by atoms with Gasteiger partial charge < -0.3 is 13.8 Å². The zero-order valence-electron chi connectivity index (χ0n) is 25.1. The van der Waals surface area contributed by atoms with E-state index in [9.17, 15) is 4.79 Å². The summed E-state index contributed by atoms with van der Waals surface area (Å²) in [7, 11) is -4.05. The van der Waals surface area contributed by atoms with Crippen LogP contribution in [0.1, 0.15) is 102 Å². The van der Waals surface area contributed by atoms with Crippen LogP contribution in [0.4, 0.5) is 0 Å². The van der Waals surface area contributed by atoms with E-state index in [0.717, 1.165) is 38.5 Å². The maximum atomic E-state index is 15.4. The minimum Gasteiger partial charge on any atom is -0.441 e. The van der Waals surface area contributed by atoms with Gasteiger partial charge in [-0.1, -0.05) is 78.6 Å². The van der Waals surface area contributed by atoms with Gasteiger partial charge >= 0.3 is 13.6 Å². The fourth-order valence-corrected chi connectivity index (χ4v) is 8.82. The van der Waals surface area contributed by atoms with Crippen molar-refractivity contribution in [2.24, 2.45) is 35.5 Å². The van der Waals surface area contributed by atoms with E-state index >= 15 is 4.57 Å². The molecular formula is C33H48NO5P. The molecule has 0 bridgehead atoms. The van der Waals surface area contributed by atoms with E-state index in [4.69, 9.17) is 13.8 Å². The average molecular weight is 570 g/mol. The summed E-state index contributed by atoms with van der Waals surface area (Å²) < 4.78 is 35.1. The van der Waals surface area contributed by atoms with Gasteiger partial charge in [-0.25, -0.2) is 4.79 Å². The van der Waals surface area contributed by atoms with Crippen LogP contribution in [-0.2, 0) is 18.3 Å². The maximum absolute atomic E-state index is 15.4. The SMILES string of the molecule is CC1CCC(C(C)C)C(OP(=O)(OC2CC(C)CCC2C(C)C)C(OC(=O)c2ccccc2)c2cccnc2)C1. The molecule has 2 aromatic rings. The first-order valence-corrected chi connectivity index (χ1v) is 16.8. The summed E-state index contributed by atoms with van der Waals surface area (Å²) in [5, 5.41) is 0. The van der Waals surface area contributed by atoms with Crippen LogP contribution in [-0.4, -0.2) is 23.2 Å². The number of rotatable bonds is 10. The Kier molecular flexibility index (Phi) is 10.6. The molecule has 2 saturated carbocycles. The molecule has 7 atom stereocenters. The van der Waals surface area contributed by atoms with Crippen molar-refractivity contribution < 1.29 is 23.1 Å². The van der Waals surface area contributed by atoms with E-state index < -0.39 is 19.4 Å². The molecule has 2 fully saturated rings. The average Bonchev–Trinajstić information content (AvgIpc) is 2.92. The molecule has 7 unspecified atom stereocenters. The van der Waals surface area contributed by atoms with Crippen LogP contribution in [0.2, 0.25) is 0 Å². The molecule has 2 aliphatic rings. The standard InChI is InChI=1S/C33H48NO5P/c1-22(2)28-16-14-24(5)19-30(28)38-40(36,39-31-20-25(6)15-17-29(31)23(3)4)33(27-13-10-18-34-21-27)37-32(35)26-11-8-7-9-12-26/h7-13,18,21-25,28-31,33H,14-17,19-20H2,1-6H3. The largest absolute Gasteiger partial charge is 0.441 e. The molecule has 1 aromatic heterocycles. The molecule has 0 spiro atoms. The topological polar surface area (TPSA) is 74.7 Å². The monoisotopic (exact) mass is 569 g/mol. The second-order valence-corrected chi connectivity index (χ2v) is 14.9. The summed E-state index contributed by atoms with van der Waals surface area (Å²) in [6, 6.07) is 12.4. The van der Waals surface area contributed by atoms with Gasteiger partial charge in [-0.05, 0) is 79.4 Å². The quantitative estimate of drug-likeness (QED) is 0.210. The number of carbonyl (C=O) groups excluding carboxylic acids is 1. The third kappa shape index (κ3) is 7.63. The van der Waals surface area contributed by atoms with Crippen molar-refractivity contribution in [2.45, 2.75) is 98.1 Å². The van der Waals surface area contributed by atoms with Crippen LogP contribution in [0.3, 0.4) is 0 Å². The minimum absolute atomic E-state index is 0.248. The second kappa shape index (κ2) is 13.8. The summed E-state index contributed by atoms with van der Waals surface area (Å²) in [5.41, 5.74) is 0.908. The van der Waals surface area contributed by atoms with Crippen LogP contribution in [0.5, 0.6) is 0 Å². The second-order valence-electron chi connectivity index (χ2n) is 12.9. The number of hydrogen-bond donors (Lipinski definition) is 0. The molecule has 0 N–H and O–H groups in total. The van der Waals surface area contributed by atoms with Gasteiger partial charge in [0.05, 0.1) is 17.8 Å². The Labute approximate surface area is 241 Å². The van der Waals surface area contributed by atoms with Crippen molar-refractivity contribution in [2.75, 3.05) is 0 Å². The number of ether oxygens (including phenoxy) is 1. The third-order valence-electron chi connectivity index (χ3n) is 8.97. The van der Waals surface area contributed by atoms with E-state index in [1.54, 1.807) is 48.8 Å². The lowest BCUT2D eigenvalue weighted by Gasteiger charge is -2.43. The highest BCUT2D eigenvalue weighted by Gasteiger charge is 2.49. The number of carbonyl (C=O) groups is 1. The van der Waals surface area contributed by atoms with Crippen molar-refractivity contribution in [3.63, 3.8) is 0 Å². The Hall–Kier alpha value is -2.01. The van der Waals surface area contributed by atoms with Gasteiger partial charge in [0.1, 0.15) is 0 Å². The normalized spacial score (nSPS) is 29.6. The van der Waals surface area contributed by atoms with Crippen molar-refractivity contribution in [3.8, 4) is 0 Å². The van der Waals surface area contributed by atoms with Crippen molar-refractivity contribution in [1.82, 2.24) is 4.98 Å². The molecule has 40 heavy (non-hydrogen) atoms. The molecule has 0 radical (unpaired) electrons. The number of hydrogen-bond acceptors (Lipinski definition) is 6. The fraction of sp³-hybridized carbons (Fsp3) is 0.636. The number of nitrogens with zero attached hydrogens (tertiary/aromatic N) is 1. The Balaban J connectivity index is 1.77. The Bertz CT molecular complexity index is 1090. The molecule has 1 aromatic carbocycles. The van der Waals surface area contributed by atoms with E-state index in [2.05, 4.69) is 46.5 Å². The first-order chi connectivity index (χ1) is 19.1. The molecule has 0 amide bonds. The molecule has 0 saturated heterocycles. The fourth-order valence-electron chi connectivity index (χ4n) is 6.57. The lowest BCUT2D eigenvalue weighted by atomic mass is 9.75. The molecule has 4 rings (SSSR count). The lowest BCUT2D eigenvalue weighted by Crippen LogP contribution is -2.37. The van der Waals surface area contributed by atoms with Gasteiger partial charge in [0.25, 0.3) is 0 Å². The van der Waals surface area contributed by atoms with Crippen LogP contribution in [0.15, 0.2) is 54.9 Å². The Morgan fingerprint density at radius 2 is 1.38 bits per heavy atom. The number of benzene rings is 1. The summed E-state index contributed by atoms with van der Waals surface area (Å²) in [6.07, 6.45) is 8.65. The number of aromatic nitrogens is 1. The van der Waals surface area contributed by atoms with E-state index in [1.165, 1.54) is 0 Å². The smallest absolute Gasteiger partial charge is 0.376 e. The molecule has 1 heterocycles. The zero-order chi connectivity index (χ0) is 28.9. The van der Waals surface area contributed by atoms with Crippen LogP contribution in [0.25, 0.3) is 0 Å². The summed E-state index contributed by atoms with van der Waals surface area (Å²) in [4.78, 5) is 17.7. The van der Waals surface area contributed by atoms with Crippen LogP contribution >= 0.6 is 7.60 Å². The highest BCUT2D eigenvalue weighted by molar-refractivity contribution is 7.54. The van der Waals surface area contributed by atoms with Crippen LogP contribution < -0.4 is 0 Å². The van der Waals surface area contributed by atoms with Gasteiger partial charge in [-0.2, -0.15) is 0 Å². The van der Waals surface area contributed by atoms with Crippen molar-refractivity contribution >= 4 is 13.6 Å². The third-order valence-corrected chi connectivity index (χ3v) is 11.1. The zero-order valence-corrected chi connectivity index (χ0v) is 26.0. The molecule has 7 heteroatoms. The molecule has 2 aliphatic carbocycles. The highest BCUT2D eigenvalue weighted by Crippen LogP contribution is 2.66. The van der Waals surface area contributed by atoms with Gasteiger partial charge in [0.2, 0.25) is 5.85 Å². The van der Waals surface area contributed by atoms with Gasteiger partial charge in [-0.15, -0.1) is 0 Å². The molecular weight excluding hydrogens is 521 g/mol.